The number of aromatic hydroxyl groups is 2. The third kappa shape index (κ3) is 7.48. The topological polar surface area (TPSA) is 181 Å². The summed E-state index contributed by atoms with van der Waals surface area (Å²) in [6, 6.07) is 22.5. The van der Waals surface area contributed by atoms with Crippen LogP contribution in [0, 0.1) is 0 Å². The van der Waals surface area contributed by atoms with Crippen molar-refractivity contribution < 1.29 is 48.4 Å². The van der Waals surface area contributed by atoms with Gasteiger partial charge in [-0.05, 0) is 104 Å². The first-order valence-electron chi connectivity index (χ1n) is 16.9. The Hall–Kier alpha value is -6.41. The Morgan fingerprint density at radius 1 is 0.868 bits per heavy atom. The van der Waals surface area contributed by atoms with Crippen LogP contribution >= 0.6 is 11.3 Å². The number of hydrogen-bond acceptors (Lipinski definition) is 11. The maximum Gasteiger partial charge on any atom is 0.266 e. The summed E-state index contributed by atoms with van der Waals surface area (Å²) in [5.41, 5.74) is 0.917. The van der Waals surface area contributed by atoms with E-state index in [0.717, 1.165) is 25.4 Å². The molecule has 270 valence electrons. The third-order valence-electron chi connectivity index (χ3n) is 8.75. The van der Waals surface area contributed by atoms with Crippen molar-refractivity contribution in [3.8, 4) is 44.9 Å². The van der Waals surface area contributed by atoms with Crippen LogP contribution in [0.4, 0.5) is 0 Å². The van der Waals surface area contributed by atoms with Crippen LogP contribution in [0.2, 0.25) is 0 Å². The summed E-state index contributed by atoms with van der Waals surface area (Å²) in [6.45, 7) is 0.384. The highest BCUT2D eigenvalue weighted by atomic mass is 32.1. The molecule has 14 heteroatoms. The minimum Gasteiger partial charge on any atom is -0.508 e. The zero-order valence-electron chi connectivity index (χ0n) is 28.1. The van der Waals surface area contributed by atoms with E-state index in [4.69, 9.17) is 14.2 Å². The number of nitrogens with one attached hydrogen (secondary N) is 2. The number of amides is 5. The van der Waals surface area contributed by atoms with Crippen molar-refractivity contribution in [1.82, 2.24) is 15.5 Å². The zero-order valence-corrected chi connectivity index (χ0v) is 28.9. The van der Waals surface area contributed by atoms with Gasteiger partial charge < -0.3 is 29.7 Å². The molecule has 0 spiro atoms. The minimum atomic E-state index is -1.10. The van der Waals surface area contributed by atoms with Crippen molar-refractivity contribution in [2.24, 2.45) is 0 Å². The molecule has 2 aliphatic heterocycles. The second-order valence-electron chi connectivity index (χ2n) is 12.4. The van der Waals surface area contributed by atoms with Gasteiger partial charge in [-0.15, -0.1) is 11.3 Å². The minimum absolute atomic E-state index is 0.00968. The van der Waals surface area contributed by atoms with Crippen LogP contribution in [0.1, 0.15) is 46.4 Å². The molecule has 1 saturated heterocycles. The fraction of sp³-hybridized carbons (Fsp3) is 0.205. The monoisotopic (exact) mass is 735 g/mol. The molecule has 4 N–H and O–H groups in total. The average Bonchev–Trinajstić information content (AvgIpc) is 3.62. The van der Waals surface area contributed by atoms with Crippen LogP contribution in [0.25, 0.3) is 20.5 Å². The molecule has 5 amide bonds. The number of imide groups is 2. The Kier molecular flexibility index (Phi) is 9.95. The maximum atomic E-state index is 13.2. The van der Waals surface area contributed by atoms with Gasteiger partial charge in [0, 0.05) is 23.1 Å². The molecule has 0 aliphatic carbocycles. The van der Waals surface area contributed by atoms with Gasteiger partial charge in [-0.3, -0.25) is 34.2 Å². The molecule has 1 atom stereocenters. The number of thiophene rings is 1. The molecule has 7 rings (SSSR count). The van der Waals surface area contributed by atoms with Crippen LogP contribution in [-0.4, -0.2) is 70.4 Å². The number of carbonyl (C=O) groups is 5. The van der Waals surface area contributed by atoms with Gasteiger partial charge >= 0.3 is 0 Å². The number of nitrogens with zero attached hydrogens (tertiary/aromatic N) is 1. The molecule has 1 fully saturated rings. The van der Waals surface area contributed by atoms with E-state index in [1.165, 1.54) is 29.5 Å². The third-order valence-corrected chi connectivity index (χ3v) is 9.93. The first kappa shape index (κ1) is 35.0. The van der Waals surface area contributed by atoms with E-state index in [9.17, 15) is 34.2 Å². The fourth-order valence-electron chi connectivity index (χ4n) is 6.13. The van der Waals surface area contributed by atoms with Crippen LogP contribution in [-0.2, 0) is 14.4 Å². The van der Waals surface area contributed by atoms with Gasteiger partial charge in [0.1, 0.15) is 34.8 Å². The van der Waals surface area contributed by atoms with E-state index < -0.39 is 35.6 Å². The Morgan fingerprint density at radius 2 is 1.62 bits per heavy atom. The lowest BCUT2D eigenvalue weighted by molar-refractivity contribution is -0.136. The van der Waals surface area contributed by atoms with Crippen molar-refractivity contribution in [2.45, 2.75) is 31.7 Å². The second kappa shape index (κ2) is 15.1. The van der Waals surface area contributed by atoms with E-state index >= 15 is 0 Å². The standard InChI is InChI=1S/C39H33N3O10S/c43-23-8-6-22(7-9-23)36-35(27-15-10-24(44)20-31(27)53-36)52-26-13-11-25(12-14-26)50-19-2-1-18-40-33(46)21-51-30-5-3-4-28-34(30)39(49)42(38(28)48)29-16-17-32(45)41-37(29)47/h3-15,20,29,43-44H,1-2,16-19,21H2,(H,40,46)(H,41,45,47). The molecular formula is C39H33N3O10S. The number of ether oxygens (including phenoxy) is 3. The van der Waals surface area contributed by atoms with Crippen molar-refractivity contribution in [3.05, 3.63) is 96.1 Å². The largest absolute Gasteiger partial charge is 0.508 e. The molecule has 1 aromatic heterocycles. The molecule has 0 saturated carbocycles. The summed E-state index contributed by atoms with van der Waals surface area (Å²) in [5, 5.41) is 25.5. The number of fused-ring (bicyclic) bond motifs is 2. The predicted octanol–water partition coefficient (Wildman–Crippen LogP) is 5.53. The summed E-state index contributed by atoms with van der Waals surface area (Å²) in [4.78, 5) is 64.3. The number of hydrogen-bond donors (Lipinski definition) is 4. The summed E-state index contributed by atoms with van der Waals surface area (Å²) in [5.74, 6) is -0.693. The first-order valence-corrected chi connectivity index (χ1v) is 17.7. The molecule has 0 radical (unpaired) electrons. The molecule has 53 heavy (non-hydrogen) atoms. The molecule has 1 unspecified atom stereocenters. The van der Waals surface area contributed by atoms with Gasteiger partial charge in [0.2, 0.25) is 11.8 Å². The van der Waals surface area contributed by atoms with Crippen LogP contribution in [0.15, 0.2) is 84.9 Å². The predicted molar refractivity (Wildman–Crippen MR) is 193 cm³/mol. The van der Waals surface area contributed by atoms with Crippen LogP contribution < -0.4 is 24.8 Å². The summed E-state index contributed by atoms with van der Waals surface area (Å²) in [6.07, 6.45) is 1.33. The molecule has 13 nitrogen and oxygen atoms in total. The van der Waals surface area contributed by atoms with Crippen molar-refractivity contribution in [3.63, 3.8) is 0 Å². The first-order chi connectivity index (χ1) is 25.7. The Labute approximate surface area is 306 Å². The molecule has 4 aromatic carbocycles. The second-order valence-corrected chi connectivity index (χ2v) is 13.4. The van der Waals surface area contributed by atoms with Gasteiger partial charge in [0.05, 0.1) is 22.6 Å². The fourth-order valence-corrected chi connectivity index (χ4v) is 7.30. The van der Waals surface area contributed by atoms with Crippen molar-refractivity contribution in [1.29, 1.82) is 0 Å². The lowest BCUT2D eigenvalue weighted by Crippen LogP contribution is -2.54. The zero-order chi connectivity index (χ0) is 37.1. The number of rotatable bonds is 13. The Bertz CT molecular complexity index is 2230. The van der Waals surface area contributed by atoms with E-state index in [1.807, 2.05) is 18.2 Å². The molecule has 5 aromatic rings. The van der Waals surface area contributed by atoms with Gasteiger partial charge in [-0.2, -0.15) is 0 Å². The van der Waals surface area contributed by atoms with Crippen molar-refractivity contribution >= 4 is 51.0 Å². The lowest BCUT2D eigenvalue weighted by atomic mass is 10.0. The van der Waals surface area contributed by atoms with Gasteiger partial charge in [0.15, 0.2) is 12.4 Å². The van der Waals surface area contributed by atoms with E-state index in [0.29, 0.717) is 43.2 Å². The van der Waals surface area contributed by atoms with Crippen molar-refractivity contribution in [2.75, 3.05) is 19.8 Å². The number of phenols is 2. The van der Waals surface area contributed by atoms with E-state index in [-0.39, 0.29) is 47.8 Å². The number of benzene rings is 4. The van der Waals surface area contributed by atoms with Crippen LogP contribution in [0.3, 0.4) is 0 Å². The van der Waals surface area contributed by atoms with Crippen LogP contribution in [0.5, 0.6) is 34.5 Å². The average molecular weight is 736 g/mol. The summed E-state index contributed by atoms with van der Waals surface area (Å²) < 4.78 is 18.7. The maximum absolute atomic E-state index is 13.2. The van der Waals surface area contributed by atoms with Gasteiger partial charge in [-0.1, -0.05) is 6.07 Å². The quantitative estimate of drug-likeness (QED) is 0.0888. The van der Waals surface area contributed by atoms with Gasteiger partial charge in [0.25, 0.3) is 17.7 Å². The number of carbonyl (C=O) groups excluding carboxylic acids is 5. The smallest absolute Gasteiger partial charge is 0.266 e. The lowest BCUT2D eigenvalue weighted by Gasteiger charge is -2.27. The number of unbranched alkanes of at least 4 members (excludes halogenated alkanes) is 1. The SMILES string of the molecule is O=C(COc1cccc2c1C(=O)N(C1CCC(=O)NC1=O)C2=O)NCCCCOc1ccc(Oc2c(-c3ccc(O)cc3)sc3cc(O)ccc23)cc1. The highest BCUT2D eigenvalue weighted by molar-refractivity contribution is 7.22. The summed E-state index contributed by atoms with van der Waals surface area (Å²) >= 11 is 1.48. The van der Waals surface area contributed by atoms with E-state index in [1.54, 1.807) is 48.5 Å². The number of phenolic OH excluding ortho intramolecular Hbond substituents is 2. The molecule has 3 heterocycles. The molecule has 2 aliphatic rings. The normalized spacial score (nSPS) is 15.3. The number of piperidine rings is 1. The summed E-state index contributed by atoms with van der Waals surface area (Å²) in [7, 11) is 0. The highest BCUT2D eigenvalue weighted by Crippen LogP contribution is 2.47. The molecular weight excluding hydrogens is 703 g/mol. The molecule has 0 bridgehead atoms. The Morgan fingerprint density at radius 3 is 2.40 bits per heavy atom. The van der Waals surface area contributed by atoms with Gasteiger partial charge in [-0.25, -0.2) is 0 Å². The van der Waals surface area contributed by atoms with E-state index in [2.05, 4.69) is 10.6 Å². The highest BCUT2D eigenvalue weighted by Gasteiger charge is 2.46. The Balaban J connectivity index is 0.862.